The Bertz CT molecular complexity index is 532. The lowest BCUT2D eigenvalue weighted by Gasteiger charge is -2.06. The standard InChI is InChI=1S/C9H9BrClN5/c1-4-5(2)13-9(11)6(12-4)7-8(10)14-15-16(7)3/h1-3H3. The zero-order valence-corrected chi connectivity index (χ0v) is 11.3. The summed E-state index contributed by atoms with van der Waals surface area (Å²) in [5, 5.41) is 8.12. The highest BCUT2D eigenvalue weighted by molar-refractivity contribution is 9.10. The van der Waals surface area contributed by atoms with Crippen molar-refractivity contribution in [1.82, 2.24) is 25.0 Å². The van der Waals surface area contributed by atoms with Crippen molar-refractivity contribution >= 4 is 27.5 Å². The van der Waals surface area contributed by atoms with Crippen molar-refractivity contribution in [1.29, 1.82) is 0 Å². The smallest absolute Gasteiger partial charge is 0.158 e. The molecule has 2 rings (SSSR count). The number of hydrogen-bond donors (Lipinski definition) is 0. The predicted molar refractivity (Wildman–Crippen MR) is 64.2 cm³/mol. The van der Waals surface area contributed by atoms with Crippen LogP contribution in [0.2, 0.25) is 5.15 Å². The van der Waals surface area contributed by atoms with E-state index in [-0.39, 0.29) is 0 Å². The summed E-state index contributed by atoms with van der Waals surface area (Å²) in [6.07, 6.45) is 0. The van der Waals surface area contributed by atoms with Gasteiger partial charge in [0, 0.05) is 7.05 Å². The molecule has 0 aromatic carbocycles. The van der Waals surface area contributed by atoms with E-state index in [1.54, 1.807) is 11.7 Å². The normalized spacial score (nSPS) is 10.8. The minimum absolute atomic E-state index is 0.356. The second-order valence-corrected chi connectivity index (χ2v) is 4.50. The van der Waals surface area contributed by atoms with E-state index in [1.165, 1.54) is 0 Å². The quantitative estimate of drug-likeness (QED) is 0.811. The van der Waals surface area contributed by atoms with Crippen molar-refractivity contribution in [3.8, 4) is 11.4 Å². The van der Waals surface area contributed by atoms with E-state index in [1.807, 2.05) is 13.8 Å². The van der Waals surface area contributed by atoms with Crippen LogP contribution in [0.25, 0.3) is 11.4 Å². The SMILES string of the molecule is Cc1nc(Cl)c(-c2c(Br)nnn2C)nc1C. The number of hydrogen-bond acceptors (Lipinski definition) is 4. The molecule has 0 aliphatic rings. The monoisotopic (exact) mass is 301 g/mol. The molecule has 0 saturated heterocycles. The van der Waals surface area contributed by atoms with Gasteiger partial charge >= 0.3 is 0 Å². The van der Waals surface area contributed by atoms with E-state index in [2.05, 4.69) is 36.2 Å². The van der Waals surface area contributed by atoms with Crippen molar-refractivity contribution in [2.45, 2.75) is 13.8 Å². The highest BCUT2D eigenvalue weighted by Crippen LogP contribution is 2.29. The molecule has 0 radical (unpaired) electrons. The molecule has 84 valence electrons. The zero-order valence-electron chi connectivity index (χ0n) is 8.99. The molecule has 0 atom stereocenters. The molecule has 16 heavy (non-hydrogen) atoms. The lowest BCUT2D eigenvalue weighted by atomic mass is 10.3. The van der Waals surface area contributed by atoms with Crippen molar-refractivity contribution in [2.75, 3.05) is 0 Å². The van der Waals surface area contributed by atoms with E-state index in [4.69, 9.17) is 11.6 Å². The summed E-state index contributed by atoms with van der Waals surface area (Å²) >= 11 is 9.38. The molecule has 2 aromatic rings. The van der Waals surface area contributed by atoms with E-state index in [9.17, 15) is 0 Å². The molecule has 7 heteroatoms. The van der Waals surface area contributed by atoms with Gasteiger partial charge in [0.2, 0.25) is 0 Å². The fraction of sp³-hybridized carbons (Fsp3) is 0.333. The third-order valence-corrected chi connectivity index (χ3v) is 3.07. The number of halogens is 2. The van der Waals surface area contributed by atoms with Crippen molar-refractivity contribution in [2.24, 2.45) is 7.05 Å². The largest absolute Gasteiger partial charge is 0.246 e. The summed E-state index contributed by atoms with van der Waals surface area (Å²) in [6, 6.07) is 0. The van der Waals surface area contributed by atoms with Crippen LogP contribution in [0.5, 0.6) is 0 Å². The molecule has 2 heterocycles. The maximum atomic E-state index is 6.07. The van der Waals surface area contributed by atoms with Crippen LogP contribution in [0.15, 0.2) is 4.60 Å². The van der Waals surface area contributed by atoms with Crippen LogP contribution < -0.4 is 0 Å². The molecule has 0 aliphatic carbocycles. The number of nitrogens with zero attached hydrogens (tertiary/aromatic N) is 5. The number of aromatic nitrogens is 5. The Morgan fingerprint density at radius 3 is 2.38 bits per heavy atom. The first-order valence-electron chi connectivity index (χ1n) is 4.57. The number of aryl methyl sites for hydroxylation is 3. The molecule has 0 fully saturated rings. The molecular formula is C9H9BrClN5. The molecule has 5 nitrogen and oxygen atoms in total. The highest BCUT2D eigenvalue weighted by atomic mass is 79.9. The lowest BCUT2D eigenvalue weighted by Crippen LogP contribution is -2.01. The third kappa shape index (κ3) is 1.82. The maximum Gasteiger partial charge on any atom is 0.158 e. The van der Waals surface area contributed by atoms with Crippen LogP contribution in [0, 0.1) is 13.8 Å². The van der Waals surface area contributed by atoms with Gasteiger partial charge in [-0.15, -0.1) is 5.10 Å². The van der Waals surface area contributed by atoms with E-state index >= 15 is 0 Å². The van der Waals surface area contributed by atoms with Crippen LogP contribution in [0.3, 0.4) is 0 Å². The molecule has 0 saturated carbocycles. The molecule has 0 N–H and O–H groups in total. The molecule has 0 bridgehead atoms. The van der Waals surface area contributed by atoms with Gasteiger partial charge in [0.1, 0.15) is 11.4 Å². The Morgan fingerprint density at radius 1 is 1.19 bits per heavy atom. The summed E-state index contributed by atoms with van der Waals surface area (Å²) < 4.78 is 2.21. The maximum absolute atomic E-state index is 6.07. The van der Waals surface area contributed by atoms with Gasteiger partial charge in [0.15, 0.2) is 9.76 Å². The van der Waals surface area contributed by atoms with Crippen molar-refractivity contribution in [3.05, 3.63) is 21.1 Å². The Hall–Kier alpha value is -1.01. The van der Waals surface area contributed by atoms with Gasteiger partial charge in [-0.05, 0) is 29.8 Å². The van der Waals surface area contributed by atoms with Gasteiger partial charge in [-0.25, -0.2) is 14.6 Å². The Morgan fingerprint density at radius 2 is 1.81 bits per heavy atom. The molecule has 0 spiro atoms. The summed E-state index contributed by atoms with van der Waals surface area (Å²) in [6.45, 7) is 3.76. The fourth-order valence-corrected chi connectivity index (χ4v) is 2.08. The van der Waals surface area contributed by atoms with E-state index < -0.39 is 0 Å². The van der Waals surface area contributed by atoms with Gasteiger partial charge in [-0.1, -0.05) is 16.8 Å². The van der Waals surface area contributed by atoms with Crippen LogP contribution in [-0.4, -0.2) is 25.0 Å². The molecule has 0 unspecified atom stereocenters. The molecule has 0 aliphatic heterocycles. The van der Waals surface area contributed by atoms with Crippen molar-refractivity contribution in [3.63, 3.8) is 0 Å². The van der Waals surface area contributed by atoms with E-state index in [0.717, 1.165) is 17.1 Å². The molecular weight excluding hydrogens is 293 g/mol. The first-order chi connectivity index (χ1) is 7.50. The van der Waals surface area contributed by atoms with Gasteiger partial charge in [0.25, 0.3) is 0 Å². The van der Waals surface area contributed by atoms with Gasteiger partial charge < -0.3 is 0 Å². The van der Waals surface area contributed by atoms with Gasteiger partial charge in [0.05, 0.1) is 11.4 Å². The second-order valence-electron chi connectivity index (χ2n) is 3.39. The second kappa shape index (κ2) is 4.10. The number of rotatable bonds is 1. The Balaban J connectivity index is 2.69. The average molecular weight is 303 g/mol. The Kier molecular flexibility index (Phi) is 2.94. The minimum Gasteiger partial charge on any atom is -0.246 e. The predicted octanol–water partition coefficient (Wildman–Crippen LogP) is 2.30. The topological polar surface area (TPSA) is 56.5 Å². The summed E-state index contributed by atoms with van der Waals surface area (Å²) in [4.78, 5) is 8.64. The Labute approximate surface area is 106 Å². The minimum atomic E-state index is 0.356. The van der Waals surface area contributed by atoms with Gasteiger partial charge in [-0.3, -0.25) is 0 Å². The lowest BCUT2D eigenvalue weighted by molar-refractivity contribution is 0.718. The van der Waals surface area contributed by atoms with Crippen LogP contribution in [0.4, 0.5) is 0 Å². The summed E-state index contributed by atoms with van der Waals surface area (Å²) in [7, 11) is 1.78. The van der Waals surface area contributed by atoms with E-state index in [0.29, 0.717) is 15.5 Å². The first kappa shape index (κ1) is 11.5. The van der Waals surface area contributed by atoms with Crippen molar-refractivity contribution < 1.29 is 0 Å². The van der Waals surface area contributed by atoms with Crippen LogP contribution >= 0.6 is 27.5 Å². The molecule has 2 aromatic heterocycles. The average Bonchev–Trinajstić information content (AvgIpc) is 2.53. The first-order valence-corrected chi connectivity index (χ1v) is 5.74. The van der Waals surface area contributed by atoms with Crippen LogP contribution in [-0.2, 0) is 7.05 Å². The summed E-state index contributed by atoms with van der Waals surface area (Å²) in [5.41, 5.74) is 2.97. The van der Waals surface area contributed by atoms with Crippen LogP contribution in [0.1, 0.15) is 11.4 Å². The zero-order chi connectivity index (χ0) is 11.9. The highest BCUT2D eigenvalue weighted by Gasteiger charge is 2.17. The molecule has 0 amide bonds. The third-order valence-electron chi connectivity index (χ3n) is 2.27. The summed E-state index contributed by atoms with van der Waals surface area (Å²) in [5.74, 6) is 0. The van der Waals surface area contributed by atoms with Gasteiger partial charge in [-0.2, -0.15) is 0 Å². The fourth-order valence-electron chi connectivity index (χ4n) is 1.31.